The van der Waals surface area contributed by atoms with Crippen LogP contribution in [0.1, 0.15) is 70.3 Å². The van der Waals surface area contributed by atoms with Crippen LogP contribution in [-0.4, -0.2) is 33.3 Å². The molecule has 0 radical (unpaired) electrons. The van der Waals surface area contributed by atoms with Crippen molar-refractivity contribution < 1.29 is 23.7 Å². The van der Waals surface area contributed by atoms with Crippen molar-refractivity contribution in [3.8, 4) is 17.2 Å². The number of fused-ring (bicyclic) bond motifs is 3. The minimum atomic E-state index is -0.324. The van der Waals surface area contributed by atoms with E-state index in [0.29, 0.717) is 17.0 Å². The highest BCUT2D eigenvalue weighted by Crippen LogP contribution is 2.53. The minimum absolute atomic E-state index is 0.118. The molecule has 3 aromatic rings. The molecule has 1 saturated carbocycles. The predicted octanol–water partition coefficient (Wildman–Crippen LogP) is 6.42. The maximum Gasteiger partial charge on any atom is 0.259 e. The number of anilines is 1. The number of nitrogens with one attached hydrogen (secondary N) is 1. The van der Waals surface area contributed by atoms with Gasteiger partial charge in [0.1, 0.15) is 23.4 Å². The fourth-order valence-corrected chi connectivity index (χ4v) is 5.76. The normalized spacial score (nSPS) is 20.6. The Labute approximate surface area is 212 Å². The summed E-state index contributed by atoms with van der Waals surface area (Å²) in [5, 5.41) is 3.04. The Bertz CT molecular complexity index is 1270. The third-order valence-corrected chi connectivity index (χ3v) is 7.40. The first kappa shape index (κ1) is 24.2. The highest BCUT2D eigenvalue weighted by atomic mass is 16.5. The summed E-state index contributed by atoms with van der Waals surface area (Å²) in [7, 11) is 5.00. The first-order valence-electron chi connectivity index (χ1n) is 12.5. The van der Waals surface area contributed by atoms with E-state index in [1.807, 2.05) is 55.5 Å². The van der Waals surface area contributed by atoms with E-state index >= 15 is 0 Å². The first-order valence-corrected chi connectivity index (χ1v) is 12.5. The summed E-state index contributed by atoms with van der Waals surface area (Å²) in [5.41, 5.74) is 5.27. The maximum absolute atomic E-state index is 13.1. The summed E-state index contributed by atoms with van der Waals surface area (Å²) in [6.07, 6.45) is 4.22. The van der Waals surface area contributed by atoms with E-state index in [-0.39, 0.29) is 24.0 Å². The number of benzene rings is 3. The molecule has 1 aliphatic heterocycles. The van der Waals surface area contributed by atoms with E-state index in [4.69, 9.17) is 18.9 Å². The summed E-state index contributed by atoms with van der Waals surface area (Å²) in [6, 6.07) is 17.4. The zero-order valence-corrected chi connectivity index (χ0v) is 21.3. The number of carbonyl (C=O) groups is 1. The lowest BCUT2D eigenvalue weighted by Crippen LogP contribution is -2.34. The number of rotatable bonds is 6. The van der Waals surface area contributed by atoms with Gasteiger partial charge in [-0.25, -0.2) is 0 Å². The van der Waals surface area contributed by atoms with Gasteiger partial charge >= 0.3 is 0 Å². The molecule has 3 aromatic carbocycles. The van der Waals surface area contributed by atoms with Crippen molar-refractivity contribution in [3.05, 3.63) is 82.4 Å². The van der Waals surface area contributed by atoms with Gasteiger partial charge in [-0.1, -0.05) is 37.1 Å². The molecule has 1 fully saturated rings. The lowest BCUT2D eigenvalue weighted by atomic mass is 9.75. The summed E-state index contributed by atoms with van der Waals surface area (Å²) in [6.45, 7) is 1.92. The van der Waals surface area contributed by atoms with Gasteiger partial charge in [-0.15, -0.1) is 0 Å². The molecule has 0 saturated heterocycles. The summed E-state index contributed by atoms with van der Waals surface area (Å²) in [5.74, 6) is 2.32. The fraction of sp³-hybridized carbons (Fsp3) is 0.367. The summed E-state index contributed by atoms with van der Waals surface area (Å²) < 4.78 is 23.9. The molecule has 0 spiro atoms. The van der Waals surface area contributed by atoms with Crippen LogP contribution < -0.4 is 19.5 Å². The third-order valence-electron chi connectivity index (χ3n) is 7.40. The van der Waals surface area contributed by atoms with E-state index in [9.17, 15) is 4.79 Å². The van der Waals surface area contributed by atoms with Crippen molar-refractivity contribution in [2.75, 3.05) is 26.6 Å². The number of ether oxygens (including phenoxy) is 4. The quantitative estimate of drug-likeness (QED) is 0.435. The van der Waals surface area contributed by atoms with Gasteiger partial charge in [0.15, 0.2) is 0 Å². The van der Waals surface area contributed by atoms with Gasteiger partial charge in [-0.3, -0.25) is 4.79 Å². The van der Waals surface area contributed by atoms with Crippen molar-refractivity contribution >= 4 is 11.6 Å². The van der Waals surface area contributed by atoms with E-state index in [1.54, 1.807) is 27.4 Å². The van der Waals surface area contributed by atoms with Gasteiger partial charge in [-0.2, -0.15) is 0 Å². The lowest BCUT2D eigenvalue weighted by molar-refractivity contribution is -0.0406. The topological polar surface area (TPSA) is 66.0 Å². The Morgan fingerprint density at radius 2 is 1.61 bits per heavy atom. The van der Waals surface area contributed by atoms with Gasteiger partial charge in [0.2, 0.25) is 0 Å². The zero-order chi connectivity index (χ0) is 25.2. The summed E-state index contributed by atoms with van der Waals surface area (Å²) >= 11 is 0. The van der Waals surface area contributed by atoms with Crippen molar-refractivity contribution in [3.63, 3.8) is 0 Å². The molecule has 0 bridgehead atoms. The molecule has 0 aromatic heterocycles. The van der Waals surface area contributed by atoms with Crippen molar-refractivity contribution in [2.24, 2.45) is 0 Å². The number of amides is 1. The SMILES string of the molecule is COc1ccc(OC)c2c1[C@@H](c1cccc(NC(=O)c3cccc(C)c3OC)c1)O[C@H]1CCCC[C@@H]21. The second kappa shape index (κ2) is 10.2. The van der Waals surface area contributed by atoms with Crippen LogP contribution in [0.2, 0.25) is 0 Å². The van der Waals surface area contributed by atoms with E-state index < -0.39 is 0 Å². The Morgan fingerprint density at radius 1 is 0.889 bits per heavy atom. The zero-order valence-electron chi connectivity index (χ0n) is 21.3. The van der Waals surface area contributed by atoms with Crippen LogP contribution in [0.25, 0.3) is 0 Å². The fourth-order valence-electron chi connectivity index (χ4n) is 5.76. The highest BCUT2D eigenvalue weighted by molar-refractivity contribution is 6.06. The number of para-hydroxylation sites is 1. The first-order chi connectivity index (χ1) is 17.5. The monoisotopic (exact) mass is 487 g/mol. The smallest absolute Gasteiger partial charge is 0.259 e. The summed E-state index contributed by atoms with van der Waals surface area (Å²) in [4.78, 5) is 13.1. The number of carbonyl (C=O) groups excluding carboxylic acids is 1. The molecular formula is C30H33NO5. The largest absolute Gasteiger partial charge is 0.496 e. The lowest BCUT2D eigenvalue weighted by Gasteiger charge is -2.42. The van der Waals surface area contributed by atoms with E-state index in [2.05, 4.69) is 5.32 Å². The molecule has 0 unspecified atom stereocenters. The Kier molecular flexibility index (Phi) is 6.88. The molecule has 188 valence electrons. The van der Waals surface area contributed by atoms with E-state index in [1.165, 1.54) is 12.0 Å². The van der Waals surface area contributed by atoms with Crippen LogP contribution in [0.15, 0.2) is 54.6 Å². The van der Waals surface area contributed by atoms with Gasteiger partial charge in [-0.05, 0) is 61.2 Å². The number of aryl methyl sites for hydroxylation is 1. The molecule has 6 heteroatoms. The number of methoxy groups -OCH3 is 3. The Hall–Kier alpha value is -3.51. The minimum Gasteiger partial charge on any atom is -0.496 e. The molecule has 1 amide bonds. The van der Waals surface area contributed by atoms with Crippen LogP contribution in [0.4, 0.5) is 5.69 Å². The molecule has 36 heavy (non-hydrogen) atoms. The van der Waals surface area contributed by atoms with Crippen LogP contribution in [0.3, 0.4) is 0 Å². The van der Waals surface area contributed by atoms with Crippen LogP contribution in [0, 0.1) is 6.92 Å². The van der Waals surface area contributed by atoms with E-state index in [0.717, 1.165) is 47.5 Å². The van der Waals surface area contributed by atoms with Gasteiger partial charge in [0.05, 0.1) is 33.0 Å². The average molecular weight is 488 g/mol. The molecule has 1 N–H and O–H groups in total. The predicted molar refractivity (Wildman–Crippen MR) is 140 cm³/mol. The van der Waals surface area contributed by atoms with Crippen LogP contribution in [0.5, 0.6) is 17.2 Å². The second-order valence-corrected chi connectivity index (χ2v) is 9.48. The molecule has 1 aliphatic carbocycles. The van der Waals surface area contributed by atoms with Gasteiger partial charge in [0.25, 0.3) is 5.91 Å². The van der Waals surface area contributed by atoms with Crippen molar-refractivity contribution in [1.82, 2.24) is 0 Å². The van der Waals surface area contributed by atoms with Crippen molar-refractivity contribution in [1.29, 1.82) is 0 Å². The molecule has 2 aliphatic rings. The number of hydrogen-bond donors (Lipinski definition) is 1. The van der Waals surface area contributed by atoms with Gasteiger partial charge in [0, 0.05) is 22.7 Å². The van der Waals surface area contributed by atoms with Gasteiger partial charge < -0.3 is 24.3 Å². The van der Waals surface area contributed by atoms with Crippen molar-refractivity contribution in [2.45, 2.75) is 50.7 Å². The standard InChI is InChI=1S/C30H33NO5/c1-18-9-7-13-22(28(18)35-4)30(32)31-20-11-8-10-19(17-20)29-27-25(34-3)16-15-24(33-2)26(27)21-12-5-6-14-23(21)36-29/h7-11,13,15-17,21,23,29H,5-6,12,14H2,1-4H3,(H,31,32)/t21-,23+,29-/m1/s1. The molecule has 1 heterocycles. The second-order valence-electron chi connectivity index (χ2n) is 9.48. The Balaban J connectivity index is 1.53. The molecule has 3 atom stereocenters. The highest BCUT2D eigenvalue weighted by Gasteiger charge is 2.41. The van der Waals surface area contributed by atoms with Crippen LogP contribution in [-0.2, 0) is 4.74 Å². The average Bonchev–Trinajstić information content (AvgIpc) is 2.91. The third kappa shape index (κ3) is 4.30. The maximum atomic E-state index is 13.1. The van der Waals surface area contributed by atoms with Crippen LogP contribution >= 0.6 is 0 Å². The molecule has 5 rings (SSSR count). The Morgan fingerprint density at radius 3 is 2.36 bits per heavy atom. The number of hydrogen-bond acceptors (Lipinski definition) is 5. The molecular weight excluding hydrogens is 454 g/mol. The molecule has 6 nitrogen and oxygen atoms in total.